The van der Waals surface area contributed by atoms with Gasteiger partial charge >= 0.3 is 0 Å². The summed E-state index contributed by atoms with van der Waals surface area (Å²) < 4.78 is 0. The Morgan fingerprint density at radius 1 is 1.17 bits per heavy atom. The summed E-state index contributed by atoms with van der Waals surface area (Å²) in [7, 11) is 0. The van der Waals surface area contributed by atoms with Crippen molar-refractivity contribution in [1.29, 1.82) is 0 Å². The number of para-hydroxylation sites is 1. The molecule has 6 heteroatoms. The second-order valence-corrected chi connectivity index (χ2v) is 6.10. The number of halogens is 1. The molecule has 1 fully saturated rings. The number of primary amides is 1. The maximum Gasteiger partial charge on any atom is 0.244 e. The monoisotopic (exact) mass is 343 g/mol. The minimum absolute atomic E-state index is 0.106. The molecular weight excluding hydrogens is 326 g/mol. The minimum Gasteiger partial charge on any atom is -0.368 e. The number of hydrogen-bond donors (Lipinski definition) is 2. The van der Waals surface area contributed by atoms with Crippen molar-refractivity contribution in [2.75, 3.05) is 11.4 Å². The molecule has 5 nitrogen and oxygen atoms in total. The molecule has 124 valence electrons. The summed E-state index contributed by atoms with van der Waals surface area (Å²) in [5.74, 6) is -0.615. The molecule has 0 bridgehead atoms. The molecule has 0 saturated carbocycles. The van der Waals surface area contributed by atoms with Crippen LogP contribution in [0, 0.1) is 0 Å². The van der Waals surface area contributed by atoms with E-state index in [2.05, 4.69) is 5.32 Å². The highest BCUT2D eigenvalue weighted by atomic mass is 35.5. The van der Waals surface area contributed by atoms with Gasteiger partial charge in [0, 0.05) is 6.54 Å². The van der Waals surface area contributed by atoms with Crippen LogP contribution in [-0.4, -0.2) is 24.4 Å². The van der Waals surface area contributed by atoms with Gasteiger partial charge in [-0.15, -0.1) is 0 Å². The first-order valence-electron chi connectivity index (χ1n) is 7.74. The van der Waals surface area contributed by atoms with Gasteiger partial charge in [0.1, 0.15) is 6.04 Å². The Morgan fingerprint density at radius 3 is 2.50 bits per heavy atom. The summed E-state index contributed by atoms with van der Waals surface area (Å²) >= 11 is 6.18. The van der Waals surface area contributed by atoms with Crippen molar-refractivity contribution in [3.63, 3.8) is 0 Å². The summed E-state index contributed by atoms with van der Waals surface area (Å²) in [5, 5.41) is 3.62. The highest BCUT2D eigenvalue weighted by Gasteiger charge is 2.35. The average Bonchev–Trinajstić information content (AvgIpc) is 2.94. The van der Waals surface area contributed by atoms with E-state index in [1.165, 1.54) is 0 Å². The Bertz CT molecular complexity index is 751. The lowest BCUT2D eigenvalue weighted by Gasteiger charge is -2.21. The lowest BCUT2D eigenvalue weighted by atomic mass is 10.0. The molecule has 0 aliphatic carbocycles. The molecule has 24 heavy (non-hydrogen) atoms. The van der Waals surface area contributed by atoms with Gasteiger partial charge in [-0.2, -0.15) is 0 Å². The van der Waals surface area contributed by atoms with Crippen LogP contribution >= 0.6 is 11.6 Å². The first-order chi connectivity index (χ1) is 11.6. The van der Waals surface area contributed by atoms with Gasteiger partial charge in [0.15, 0.2) is 0 Å². The molecule has 0 aromatic heterocycles. The van der Waals surface area contributed by atoms with Crippen molar-refractivity contribution in [1.82, 2.24) is 5.32 Å². The van der Waals surface area contributed by atoms with E-state index in [-0.39, 0.29) is 5.91 Å². The Labute approximate surface area is 145 Å². The first kappa shape index (κ1) is 16.5. The molecular formula is C18H18ClN3O2. The van der Waals surface area contributed by atoms with Crippen LogP contribution in [0.5, 0.6) is 0 Å². The topological polar surface area (TPSA) is 75.4 Å². The van der Waals surface area contributed by atoms with Crippen LogP contribution in [0.2, 0.25) is 5.02 Å². The third kappa shape index (κ3) is 3.27. The lowest BCUT2D eigenvalue weighted by Crippen LogP contribution is -2.44. The van der Waals surface area contributed by atoms with Crippen molar-refractivity contribution < 1.29 is 9.59 Å². The number of nitrogens with two attached hydrogens (primary N) is 1. The van der Waals surface area contributed by atoms with Gasteiger partial charge in [0.25, 0.3) is 0 Å². The highest BCUT2D eigenvalue weighted by molar-refractivity contribution is 6.33. The zero-order chi connectivity index (χ0) is 17.1. The molecule has 2 aromatic carbocycles. The molecule has 0 unspecified atom stereocenters. The number of carbonyl (C=O) groups is 2. The van der Waals surface area contributed by atoms with E-state index >= 15 is 0 Å². The second kappa shape index (κ2) is 7.03. The molecule has 1 aliphatic heterocycles. The molecule has 3 rings (SSSR count). The van der Waals surface area contributed by atoms with Crippen LogP contribution in [0.4, 0.5) is 5.69 Å². The molecule has 0 radical (unpaired) electrons. The SMILES string of the molecule is NC(=O)[C@H](N[C@@H]1CCN(c2ccccc2Cl)C1=O)c1ccccc1. The largest absolute Gasteiger partial charge is 0.368 e. The zero-order valence-corrected chi connectivity index (χ0v) is 13.7. The second-order valence-electron chi connectivity index (χ2n) is 5.70. The molecule has 0 spiro atoms. The van der Waals surface area contributed by atoms with E-state index in [4.69, 9.17) is 17.3 Å². The third-order valence-corrected chi connectivity index (χ3v) is 4.45. The number of anilines is 1. The van der Waals surface area contributed by atoms with Crippen LogP contribution in [0.15, 0.2) is 54.6 Å². The van der Waals surface area contributed by atoms with Gasteiger partial charge in [-0.1, -0.05) is 54.1 Å². The molecule has 2 aromatic rings. The Hall–Kier alpha value is -2.37. The fraction of sp³-hybridized carbons (Fsp3) is 0.222. The van der Waals surface area contributed by atoms with Gasteiger partial charge in [0.05, 0.1) is 16.8 Å². The van der Waals surface area contributed by atoms with Crippen molar-refractivity contribution in [3.8, 4) is 0 Å². The smallest absolute Gasteiger partial charge is 0.244 e. The van der Waals surface area contributed by atoms with E-state index in [0.717, 1.165) is 5.56 Å². The molecule has 1 heterocycles. The zero-order valence-electron chi connectivity index (χ0n) is 13.0. The Morgan fingerprint density at radius 2 is 1.83 bits per heavy atom. The molecule has 1 aliphatic rings. The number of carbonyl (C=O) groups excluding carboxylic acids is 2. The van der Waals surface area contributed by atoms with E-state index in [1.807, 2.05) is 48.5 Å². The van der Waals surface area contributed by atoms with Gasteiger partial charge in [-0.3, -0.25) is 14.9 Å². The number of amides is 2. The predicted molar refractivity (Wildman–Crippen MR) is 93.7 cm³/mol. The fourth-order valence-electron chi connectivity index (χ4n) is 2.93. The van der Waals surface area contributed by atoms with E-state index in [9.17, 15) is 9.59 Å². The average molecular weight is 344 g/mol. The van der Waals surface area contributed by atoms with Gasteiger partial charge in [-0.05, 0) is 24.1 Å². The fourth-order valence-corrected chi connectivity index (χ4v) is 3.17. The molecule has 3 N–H and O–H groups in total. The van der Waals surface area contributed by atoms with Crippen molar-refractivity contribution in [2.24, 2.45) is 5.73 Å². The number of benzene rings is 2. The maximum atomic E-state index is 12.7. The normalized spacial score (nSPS) is 18.6. The van der Waals surface area contributed by atoms with Crippen LogP contribution in [0.3, 0.4) is 0 Å². The van der Waals surface area contributed by atoms with Crippen molar-refractivity contribution >= 4 is 29.1 Å². The summed E-state index contributed by atoms with van der Waals surface area (Å²) in [4.78, 5) is 26.2. The Balaban J connectivity index is 1.78. The summed E-state index contributed by atoms with van der Waals surface area (Å²) in [6.07, 6.45) is 0.584. The van der Waals surface area contributed by atoms with Crippen LogP contribution in [0.25, 0.3) is 0 Å². The Kier molecular flexibility index (Phi) is 4.83. The summed E-state index contributed by atoms with van der Waals surface area (Å²) in [5.41, 5.74) is 6.94. The lowest BCUT2D eigenvalue weighted by molar-refractivity contribution is -0.121. The van der Waals surface area contributed by atoms with E-state index in [1.54, 1.807) is 11.0 Å². The predicted octanol–water partition coefficient (Wildman–Crippen LogP) is 2.26. The summed E-state index contributed by atoms with van der Waals surface area (Å²) in [6.45, 7) is 0.542. The van der Waals surface area contributed by atoms with Crippen molar-refractivity contribution in [2.45, 2.75) is 18.5 Å². The number of rotatable bonds is 5. The van der Waals surface area contributed by atoms with Gasteiger partial charge < -0.3 is 10.6 Å². The quantitative estimate of drug-likeness (QED) is 0.874. The van der Waals surface area contributed by atoms with E-state index < -0.39 is 18.0 Å². The number of hydrogen-bond acceptors (Lipinski definition) is 3. The van der Waals surface area contributed by atoms with Crippen LogP contribution in [0.1, 0.15) is 18.0 Å². The van der Waals surface area contributed by atoms with Crippen LogP contribution < -0.4 is 16.0 Å². The molecule has 2 amide bonds. The standard InChI is InChI=1S/C18H18ClN3O2/c19-13-8-4-5-9-15(13)22-11-10-14(18(22)24)21-16(17(20)23)12-6-2-1-3-7-12/h1-9,14,16,21H,10-11H2,(H2,20,23)/t14-,16-/m1/s1. The third-order valence-electron chi connectivity index (χ3n) is 4.13. The number of nitrogens with zero attached hydrogens (tertiary/aromatic N) is 1. The minimum atomic E-state index is -0.702. The molecule has 2 atom stereocenters. The summed E-state index contributed by atoms with van der Waals surface area (Å²) in [6, 6.07) is 15.2. The number of nitrogens with one attached hydrogen (secondary N) is 1. The van der Waals surface area contributed by atoms with Crippen LogP contribution in [-0.2, 0) is 9.59 Å². The van der Waals surface area contributed by atoms with Crippen molar-refractivity contribution in [3.05, 3.63) is 65.2 Å². The van der Waals surface area contributed by atoms with Gasteiger partial charge in [0.2, 0.25) is 11.8 Å². The van der Waals surface area contributed by atoms with Gasteiger partial charge in [-0.25, -0.2) is 0 Å². The maximum absolute atomic E-state index is 12.7. The first-order valence-corrected chi connectivity index (χ1v) is 8.12. The molecule has 1 saturated heterocycles. The highest BCUT2D eigenvalue weighted by Crippen LogP contribution is 2.29. The van der Waals surface area contributed by atoms with E-state index in [0.29, 0.717) is 23.7 Å².